The number of carbonyl (C=O) groups is 1. The van der Waals surface area contributed by atoms with Gasteiger partial charge in [-0.1, -0.05) is 13.3 Å². The van der Waals surface area contributed by atoms with Crippen LogP contribution < -0.4 is 5.56 Å². The minimum atomic E-state index is -0.192. The minimum Gasteiger partial charge on any atom is -0.342 e. The average Bonchev–Trinajstić information content (AvgIpc) is 2.26. The van der Waals surface area contributed by atoms with Gasteiger partial charge in [0.1, 0.15) is 0 Å². The molecule has 0 radical (unpaired) electrons. The van der Waals surface area contributed by atoms with E-state index in [0.29, 0.717) is 5.56 Å². The van der Waals surface area contributed by atoms with Gasteiger partial charge in [0.25, 0.3) is 5.91 Å². The number of hydrogen-bond acceptors (Lipinski definition) is 2. The normalized spacial score (nSPS) is 10.0. The lowest BCUT2D eigenvalue weighted by molar-refractivity contribution is 0.0793. The molecule has 0 aliphatic rings. The van der Waals surface area contributed by atoms with Gasteiger partial charge in [0.2, 0.25) is 5.56 Å². The number of amides is 1. The number of rotatable bonds is 4. The van der Waals surface area contributed by atoms with Crippen molar-refractivity contribution in [2.24, 2.45) is 0 Å². The molecular weight excluding hydrogens is 192 g/mol. The lowest BCUT2D eigenvalue weighted by atomic mass is 10.2. The Balaban J connectivity index is 2.67. The summed E-state index contributed by atoms with van der Waals surface area (Å²) in [6.07, 6.45) is 3.50. The topological polar surface area (TPSA) is 53.2 Å². The van der Waals surface area contributed by atoms with E-state index in [1.54, 1.807) is 18.0 Å². The SMILES string of the molecule is CCCCN(C)C(=O)c1ccc(=O)[nH]c1. The predicted octanol–water partition coefficient (Wildman–Crippen LogP) is 1.25. The van der Waals surface area contributed by atoms with E-state index in [2.05, 4.69) is 11.9 Å². The molecule has 1 aromatic heterocycles. The molecule has 0 saturated carbocycles. The molecule has 1 N–H and O–H groups in total. The molecule has 82 valence electrons. The van der Waals surface area contributed by atoms with E-state index >= 15 is 0 Å². The van der Waals surface area contributed by atoms with E-state index in [1.807, 2.05) is 0 Å². The second-order valence-electron chi connectivity index (χ2n) is 3.52. The summed E-state index contributed by atoms with van der Waals surface area (Å²) >= 11 is 0. The first kappa shape index (κ1) is 11.5. The zero-order chi connectivity index (χ0) is 11.3. The molecule has 0 aromatic carbocycles. The Kier molecular flexibility index (Phi) is 4.09. The minimum absolute atomic E-state index is 0.0558. The lowest BCUT2D eigenvalue weighted by Gasteiger charge is -2.16. The van der Waals surface area contributed by atoms with E-state index in [1.165, 1.54) is 12.3 Å². The second kappa shape index (κ2) is 5.34. The van der Waals surface area contributed by atoms with E-state index < -0.39 is 0 Å². The summed E-state index contributed by atoms with van der Waals surface area (Å²) < 4.78 is 0. The van der Waals surface area contributed by atoms with E-state index in [-0.39, 0.29) is 11.5 Å². The van der Waals surface area contributed by atoms with Crippen molar-refractivity contribution < 1.29 is 4.79 Å². The van der Waals surface area contributed by atoms with Crippen LogP contribution in [0, 0.1) is 0 Å². The zero-order valence-corrected chi connectivity index (χ0v) is 9.12. The first-order valence-electron chi connectivity index (χ1n) is 5.09. The van der Waals surface area contributed by atoms with Crippen molar-refractivity contribution in [2.45, 2.75) is 19.8 Å². The molecule has 1 heterocycles. The highest BCUT2D eigenvalue weighted by molar-refractivity contribution is 5.93. The molecule has 0 aliphatic carbocycles. The molecule has 0 spiro atoms. The van der Waals surface area contributed by atoms with Gasteiger partial charge in [-0.2, -0.15) is 0 Å². The van der Waals surface area contributed by atoms with Crippen LogP contribution in [-0.4, -0.2) is 29.4 Å². The number of pyridine rings is 1. The fraction of sp³-hybridized carbons (Fsp3) is 0.455. The highest BCUT2D eigenvalue weighted by atomic mass is 16.2. The van der Waals surface area contributed by atoms with E-state index in [4.69, 9.17) is 0 Å². The highest BCUT2D eigenvalue weighted by Gasteiger charge is 2.10. The van der Waals surface area contributed by atoms with Crippen LogP contribution in [0.25, 0.3) is 0 Å². The van der Waals surface area contributed by atoms with Crippen LogP contribution in [0.3, 0.4) is 0 Å². The van der Waals surface area contributed by atoms with Gasteiger partial charge in [-0.3, -0.25) is 9.59 Å². The quantitative estimate of drug-likeness (QED) is 0.809. The van der Waals surface area contributed by atoms with Crippen LogP contribution in [-0.2, 0) is 0 Å². The Bertz CT molecular complexity index is 364. The Morgan fingerprint density at radius 1 is 1.47 bits per heavy atom. The number of aromatic amines is 1. The van der Waals surface area contributed by atoms with Crippen LogP contribution in [0.1, 0.15) is 30.1 Å². The molecule has 0 saturated heterocycles. The molecule has 0 atom stereocenters. The number of nitrogens with one attached hydrogen (secondary N) is 1. The van der Waals surface area contributed by atoms with E-state index in [0.717, 1.165) is 19.4 Å². The standard InChI is InChI=1S/C11H16N2O2/c1-3-4-7-13(2)11(15)9-5-6-10(14)12-8-9/h5-6,8H,3-4,7H2,1-2H3,(H,12,14). The van der Waals surface area contributed by atoms with Crippen molar-refractivity contribution in [1.82, 2.24) is 9.88 Å². The van der Waals surface area contributed by atoms with Crippen LogP contribution >= 0.6 is 0 Å². The van der Waals surface area contributed by atoms with Crippen molar-refractivity contribution >= 4 is 5.91 Å². The number of nitrogens with zero attached hydrogens (tertiary/aromatic N) is 1. The third-order valence-corrected chi connectivity index (χ3v) is 2.22. The second-order valence-corrected chi connectivity index (χ2v) is 3.52. The largest absolute Gasteiger partial charge is 0.342 e. The third-order valence-electron chi connectivity index (χ3n) is 2.22. The van der Waals surface area contributed by atoms with Crippen LogP contribution in [0.5, 0.6) is 0 Å². The van der Waals surface area contributed by atoms with Gasteiger partial charge in [-0.25, -0.2) is 0 Å². The van der Waals surface area contributed by atoms with Gasteiger partial charge < -0.3 is 9.88 Å². The first-order valence-corrected chi connectivity index (χ1v) is 5.09. The van der Waals surface area contributed by atoms with Crippen molar-refractivity contribution in [3.05, 3.63) is 34.2 Å². The van der Waals surface area contributed by atoms with Crippen molar-refractivity contribution in [2.75, 3.05) is 13.6 Å². The van der Waals surface area contributed by atoms with Crippen LogP contribution in [0.2, 0.25) is 0 Å². The van der Waals surface area contributed by atoms with Crippen molar-refractivity contribution in [1.29, 1.82) is 0 Å². The summed E-state index contributed by atoms with van der Waals surface area (Å²) in [5.74, 6) is -0.0558. The molecule has 4 heteroatoms. The fourth-order valence-electron chi connectivity index (χ4n) is 1.26. The molecule has 0 fully saturated rings. The number of H-pyrrole nitrogens is 1. The highest BCUT2D eigenvalue weighted by Crippen LogP contribution is 2.01. The monoisotopic (exact) mass is 208 g/mol. The van der Waals surface area contributed by atoms with Crippen LogP contribution in [0.15, 0.2) is 23.1 Å². The van der Waals surface area contributed by atoms with Gasteiger partial charge >= 0.3 is 0 Å². The maximum atomic E-state index is 11.8. The van der Waals surface area contributed by atoms with Gasteiger partial charge in [-0.05, 0) is 12.5 Å². The van der Waals surface area contributed by atoms with Crippen molar-refractivity contribution in [3.63, 3.8) is 0 Å². The smallest absolute Gasteiger partial charge is 0.255 e. The number of unbranched alkanes of at least 4 members (excludes halogenated alkanes) is 1. The maximum absolute atomic E-state index is 11.8. The molecule has 15 heavy (non-hydrogen) atoms. The molecule has 1 aromatic rings. The summed E-state index contributed by atoms with van der Waals surface area (Å²) in [5, 5.41) is 0. The Labute approximate surface area is 88.9 Å². The summed E-state index contributed by atoms with van der Waals surface area (Å²) in [6, 6.07) is 2.91. The average molecular weight is 208 g/mol. The van der Waals surface area contributed by atoms with Gasteiger partial charge in [0, 0.05) is 25.9 Å². The van der Waals surface area contributed by atoms with Crippen LogP contribution in [0.4, 0.5) is 0 Å². The zero-order valence-electron chi connectivity index (χ0n) is 9.12. The molecule has 0 bridgehead atoms. The first-order chi connectivity index (χ1) is 7.15. The van der Waals surface area contributed by atoms with Gasteiger partial charge in [0.15, 0.2) is 0 Å². The molecule has 4 nitrogen and oxygen atoms in total. The number of hydrogen-bond donors (Lipinski definition) is 1. The molecule has 0 unspecified atom stereocenters. The molecule has 1 amide bonds. The Morgan fingerprint density at radius 2 is 2.20 bits per heavy atom. The summed E-state index contributed by atoms with van der Waals surface area (Å²) in [6.45, 7) is 2.83. The third kappa shape index (κ3) is 3.23. The van der Waals surface area contributed by atoms with Gasteiger partial charge in [0.05, 0.1) is 5.56 Å². The number of aromatic nitrogens is 1. The van der Waals surface area contributed by atoms with Gasteiger partial charge in [-0.15, -0.1) is 0 Å². The van der Waals surface area contributed by atoms with Crippen molar-refractivity contribution in [3.8, 4) is 0 Å². The molecular formula is C11H16N2O2. The fourth-order valence-corrected chi connectivity index (χ4v) is 1.26. The number of carbonyl (C=O) groups excluding carboxylic acids is 1. The Hall–Kier alpha value is -1.58. The molecule has 1 rings (SSSR count). The summed E-state index contributed by atoms with van der Waals surface area (Å²) in [4.78, 5) is 26.7. The Morgan fingerprint density at radius 3 is 2.73 bits per heavy atom. The lowest BCUT2D eigenvalue weighted by Crippen LogP contribution is -2.28. The van der Waals surface area contributed by atoms with E-state index in [9.17, 15) is 9.59 Å². The summed E-state index contributed by atoms with van der Waals surface area (Å²) in [7, 11) is 1.77. The predicted molar refractivity (Wildman–Crippen MR) is 58.9 cm³/mol. The molecule has 0 aliphatic heterocycles. The maximum Gasteiger partial charge on any atom is 0.255 e. The summed E-state index contributed by atoms with van der Waals surface area (Å²) in [5.41, 5.74) is 0.330.